The van der Waals surface area contributed by atoms with Crippen molar-refractivity contribution in [3.8, 4) is 0 Å². The minimum Gasteiger partial charge on any atom is -0.268 e. The molecule has 0 unspecified atom stereocenters. The SMILES string of the molecule is Cc1ccccc1N=CN/N=C/C(C)C. The van der Waals surface area contributed by atoms with Gasteiger partial charge in [0, 0.05) is 6.21 Å². The molecule has 3 heteroatoms. The van der Waals surface area contributed by atoms with Gasteiger partial charge in [0.25, 0.3) is 0 Å². The van der Waals surface area contributed by atoms with E-state index in [2.05, 4.69) is 29.4 Å². The lowest BCUT2D eigenvalue weighted by Gasteiger charge is -1.97. The fraction of sp³-hybridized carbons (Fsp3) is 0.333. The molecular formula is C12H17N3. The summed E-state index contributed by atoms with van der Waals surface area (Å²) in [5, 5.41) is 3.99. The van der Waals surface area contributed by atoms with Crippen LogP contribution in [0.15, 0.2) is 34.4 Å². The lowest BCUT2D eigenvalue weighted by atomic mass is 10.2. The van der Waals surface area contributed by atoms with Gasteiger partial charge in [0.15, 0.2) is 0 Å². The van der Waals surface area contributed by atoms with Crippen molar-refractivity contribution in [3.63, 3.8) is 0 Å². The standard InChI is InChI=1S/C12H17N3/c1-10(2)8-14-15-9-13-12-7-5-4-6-11(12)3/h4-10H,1-3H3,(H,13,15)/b14-8+. The third kappa shape index (κ3) is 4.40. The third-order valence-corrected chi connectivity index (χ3v) is 1.82. The van der Waals surface area contributed by atoms with E-state index in [1.54, 1.807) is 6.34 Å². The summed E-state index contributed by atoms with van der Waals surface area (Å²) in [7, 11) is 0. The molecule has 0 saturated heterocycles. The Morgan fingerprint density at radius 2 is 2.00 bits per heavy atom. The van der Waals surface area contributed by atoms with Crippen molar-refractivity contribution in [2.45, 2.75) is 20.8 Å². The topological polar surface area (TPSA) is 36.8 Å². The summed E-state index contributed by atoms with van der Waals surface area (Å²) in [6.07, 6.45) is 3.44. The molecule has 0 radical (unpaired) electrons. The van der Waals surface area contributed by atoms with Crippen molar-refractivity contribution >= 4 is 18.2 Å². The van der Waals surface area contributed by atoms with Crippen LogP contribution < -0.4 is 5.43 Å². The molecule has 0 amide bonds. The Morgan fingerprint density at radius 1 is 1.27 bits per heavy atom. The van der Waals surface area contributed by atoms with Crippen LogP contribution in [0.25, 0.3) is 0 Å². The van der Waals surface area contributed by atoms with Gasteiger partial charge in [-0.25, -0.2) is 4.99 Å². The molecule has 0 spiro atoms. The predicted octanol–water partition coefficient (Wildman–Crippen LogP) is 2.89. The van der Waals surface area contributed by atoms with Crippen LogP contribution in [0.2, 0.25) is 0 Å². The van der Waals surface area contributed by atoms with Crippen molar-refractivity contribution in [1.29, 1.82) is 0 Å². The Labute approximate surface area is 90.9 Å². The first-order valence-corrected chi connectivity index (χ1v) is 5.07. The van der Waals surface area contributed by atoms with E-state index in [0.29, 0.717) is 5.92 Å². The summed E-state index contributed by atoms with van der Waals surface area (Å²) in [4.78, 5) is 4.25. The van der Waals surface area contributed by atoms with Crippen LogP contribution in [0.5, 0.6) is 0 Å². The second kappa shape index (κ2) is 5.96. The fourth-order valence-corrected chi connectivity index (χ4v) is 1.03. The molecule has 0 aromatic heterocycles. The zero-order chi connectivity index (χ0) is 11.1. The highest BCUT2D eigenvalue weighted by atomic mass is 15.3. The third-order valence-electron chi connectivity index (χ3n) is 1.82. The molecule has 0 aliphatic rings. The first-order chi connectivity index (χ1) is 7.20. The van der Waals surface area contributed by atoms with E-state index in [1.165, 1.54) is 0 Å². The molecule has 1 rings (SSSR count). The van der Waals surface area contributed by atoms with Crippen molar-refractivity contribution in [2.75, 3.05) is 0 Å². The van der Waals surface area contributed by atoms with Crippen molar-refractivity contribution < 1.29 is 0 Å². The second-order valence-corrected chi connectivity index (χ2v) is 3.70. The summed E-state index contributed by atoms with van der Waals surface area (Å²) in [6.45, 7) is 6.18. The predicted molar refractivity (Wildman–Crippen MR) is 65.8 cm³/mol. The molecule has 3 nitrogen and oxygen atoms in total. The van der Waals surface area contributed by atoms with Gasteiger partial charge in [-0.1, -0.05) is 32.0 Å². The summed E-state index contributed by atoms with van der Waals surface area (Å²) in [5.74, 6) is 0.448. The molecule has 0 heterocycles. The maximum Gasteiger partial charge on any atom is 0.109 e. The lowest BCUT2D eigenvalue weighted by Crippen LogP contribution is -2.03. The number of nitrogens with zero attached hydrogens (tertiary/aromatic N) is 2. The summed E-state index contributed by atoms with van der Waals surface area (Å²) >= 11 is 0. The minimum absolute atomic E-state index is 0.448. The molecule has 0 fully saturated rings. The molecule has 0 saturated carbocycles. The van der Waals surface area contributed by atoms with Crippen molar-refractivity contribution in [1.82, 2.24) is 5.43 Å². The van der Waals surface area contributed by atoms with Gasteiger partial charge in [-0.3, -0.25) is 5.43 Å². The molecule has 1 N–H and O–H groups in total. The van der Waals surface area contributed by atoms with Crippen LogP contribution in [0, 0.1) is 12.8 Å². The van der Waals surface area contributed by atoms with Crippen LogP contribution in [-0.2, 0) is 0 Å². The van der Waals surface area contributed by atoms with E-state index in [0.717, 1.165) is 11.3 Å². The number of rotatable bonds is 4. The van der Waals surface area contributed by atoms with Crippen LogP contribution in [-0.4, -0.2) is 12.6 Å². The molecule has 0 bridgehead atoms. The van der Waals surface area contributed by atoms with Crippen LogP contribution >= 0.6 is 0 Å². The van der Waals surface area contributed by atoms with E-state index in [-0.39, 0.29) is 0 Å². The van der Waals surface area contributed by atoms with E-state index in [9.17, 15) is 0 Å². The molecular weight excluding hydrogens is 186 g/mol. The van der Waals surface area contributed by atoms with Gasteiger partial charge < -0.3 is 0 Å². The van der Waals surface area contributed by atoms with Crippen molar-refractivity contribution in [2.24, 2.45) is 16.0 Å². The van der Waals surface area contributed by atoms with E-state index in [4.69, 9.17) is 0 Å². The highest BCUT2D eigenvalue weighted by Crippen LogP contribution is 2.15. The van der Waals surface area contributed by atoms with Gasteiger partial charge >= 0.3 is 0 Å². The highest BCUT2D eigenvalue weighted by Gasteiger charge is 1.90. The minimum atomic E-state index is 0.448. The van der Waals surface area contributed by atoms with Gasteiger partial charge in [-0.15, -0.1) is 0 Å². The lowest BCUT2D eigenvalue weighted by molar-refractivity contribution is 0.887. The smallest absolute Gasteiger partial charge is 0.109 e. The Bertz CT molecular complexity index is 354. The molecule has 0 atom stereocenters. The van der Waals surface area contributed by atoms with Gasteiger partial charge in [-0.2, -0.15) is 5.10 Å². The average molecular weight is 203 g/mol. The molecule has 1 aromatic carbocycles. The van der Waals surface area contributed by atoms with E-state index in [1.807, 2.05) is 37.4 Å². The number of hydrazone groups is 1. The van der Waals surface area contributed by atoms with Gasteiger partial charge in [0.2, 0.25) is 0 Å². The Kier molecular flexibility index (Phi) is 4.54. The van der Waals surface area contributed by atoms with Crippen molar-refractivity contribution in [3.05, 3.63) is 29.8 Å². The zero-order valence-corrected chi connectivity index (χ0v) is 9.44. The maximum absolute atomic E-state index is 4.25. The van der Waals surface area contributed by atoms with Gasteiger partial charge in [-0.05, 0) is 24.5 Å². The molecule has 1 aromatic rings. The van der Waals surface area contributed by atoms with E-state index >= 15 is 0 Å². The summed E-state index contributed by atoms with van der Waals surface area (Å²) < 4.78 is 0. The number of hydrogen-bond donors (Lipinski definition) is 1. The molecule has 0 aliphatic carbocycles. The zero-order valence-electron chi connectivity index (χ0n) is 9.44. The number of aliphatic imine (C=N–C) groups is 1. The van der Waals surface area contributed by atoms with Gasteiger partial charge in [0.1, 0.15) is 6.34 Å². The van der Waals surface area contributed by atoms with Crippen LogP contribution in [0.3, 0.4) is 0 Å². The summed E-state index contributed by atoms with van der Waals surface area (Å²) in [6, 6.07) is 7.97. The number of benzene rings is 1. The maximum atomic E-state index is 4.25. The largest absolute Gasteiger partial charge is 0.268 e. The van der Waals surface area contributed by atoms with Crippen LogP contribution in [0.1, 0.15) is 19.4 Å². The number of para-hydroxylation sites is 1. The first-order valence-electron chi connectivity index (χ1n) is 5.07. The number of nitrogens with one attached hydrogen (secondary N) is 1. The monoisotopic (exact) mass is 203 g/mol. The average Bonchev–Trinajstić information content (AvgIpc) is 2.20. The first kappa shape index (κ1) is 11.4. The molecule has 0 aliphatic heterocycles. The Hall–Kier alpha value is -1.64. The Balaban J connectivity index is 2.48. The normalized spacial score (nSPS) is 11.7. The van der Waals surface area contributed by atoms with Gasteiger partial charge in [0.05, 0.1) is 5.69 Å². The van der Waals surface area contributed by atoms with Crippen LogP contribution in [0.4, 0.5) is 5.69 Å². The number of aryl methyl sites for hydroxylation is 1. The van der Waals surface area contributed by atoms with E-state index < -0.39 is 0 Å². The molecule has 80 valence electrons. The summed E-state index contributed by atoms with van der Waals surface area (Å²) in [5.41, 5.74) is 4.89. The highest BCUT2D eigenvalue weighted by molar-refractivity contribution is 5.65. The number of hydrogen-bond acceptors (Lipinski definition) is 2. The second-order valence-electron chi connectivity index (χ2n) is 3.70. The fourth-order valence-electron chi connectivity index (χ4n) is 1.03. The molecule has 15 heavy (non-hydrogen) atoms. The Morgan fingerprint density at radius 3 is 2.67 bits per heavy atom. The quantitative estimate of drug-likeness (QED) is 0.456.